The van der Waals surface area contributed by atoms with E-state index in [1.54, 1.807) is 29.6 Å². The summed E-state index contributed by atoms with van der Waals surface area (Å²) in [6.45, 7) is 13.0. The van der Waals surface area contributed by atoms with Crippen molar-refractivity contribution in [2.45, 2.75) is 58.9 Å². The number of imidazole rings is 1. The quantitative estimate of drug-likeness (QED) is 0.237. The fourth-order valence-electron chi connectivity index (χ4n) is 4.89. The van der Waals surface area contributed by atoms with Crippen LogP contribution in [0.1, 0.15) is 51.2 Å². The van der Waals surface area contributed by atoms with Crippen LogP contribution in [0.5, 0.6) is 5.75 Å². The van der Waals surface area contributed by atoms with Crippen molar-refractivity contribution < 1.29 is 13.2 Å². The number of aromatic nitrogens is 4. The molecule has 0 fully saturated rings. The van der Waals surface area contributed by atoms with Crippen LogP contribution in [0.25, 0.3) is 16.9 Å². The normalized spacial score (nSPS) is 12.1. The number of hydrogen-bond acceptors (Lipinski definition) is 7. The number of hydrogen-bond donors (Lipinski definition) is 1. The fraction of sp³-hybridized carbons (Fsp3) is 0.433. The Kier molecular flexibility index (Phi) is 9.95. The van der Waals surface area contributed by atoms with Crippen LogP contribution in [0.3, 0.4) is 0 Å². The molecule has 2 aromatic heterocycles. The van der Waals surface area contributed by atoms with E-state index in [1.807, 2.05) is 44.2 Å². The van der Waals surface area contributed by atoms with E-state index in [-0.39, 0.29) is 22.8 Å². The zero-order valence-electron chi connectivity index (χ0n) is 24.6. The Bertz CT molecular complexity index is 1630. The summed E-state index contributed by atoms with van der Waals surface area (Å²) in [5, 5.41) is 4.71. The van der Waals surface area contributed by atoms with Crippen molar-refractivity contribution in [1.82, 2.24) is 28.8 Å². The Balaban J connectivity index is 1.82. The van der Waals surface area contributed by atoms with E-state index in [2.05, 4.69) is 28.7 Å². The van der Waals surface area contributed by atoms with Gasteiger partial charge in [-0.05, 0) is 57.1 Å². The fourth-order valence-corrected chi connectivity index (χ4v) is 6.34. The average Bonchev–Trinajstić information content (AvgIpc) is 3.29. The van der Waals surface area contributed by atoms with Gasteiger partial charge in [-0.2, -0.15) is 4.31 Å². The van der Waals surface area contributed by atoms with Crippen LogP contribution in [-0.4, -0.2) is 70.0 Å². The lowest BCUT2D eigenvalue weighted by atomic mass is 10.2. The van der Waals surface area contributed by atoms with Gasteiger partial charge in [0.1, 0.15) is 11.6 Å². The summed E-state index contributed by atoms with van der Waals surface area (Å²) in [6.07, 6.45) is 1.49. The predicted molar refractivity (Wildman–Crippen MR) is 161 cm³/mol. The zero-order valence-corrected chi connectivity index (χ0v) is 25.4. The zero-order chi connectivity index (χ0) is 29.6. The lowest BCUT2D eigenvalue weighted by Gasteiger charge is -2.26. The summed E-state index contributed by atoms with van der Waals surface area (Å²) in [7, 11) is -3.93. The molecule has 4 aromatic rings. The molecule has 0 radical (unpaired) electrons. The van der Waals surface area contributed by atoms with Crippen molar-refractivity contribution in [2.75, 3.05) is 32.8 Å². The highest BCUT2D eigenvalue weighted by atomic mass is 32.2. The Morgan fingerprint density at radius 2 is 1.73 bits per heavy atom. The van der Waals surface area contributed by atoms with Crippen LogP contribution in [0, 0.1) is 6.92 Å². The number of ether oxygens (including phenoxy) is 1. The van der Waals surface area contributed by atoms with E-state index in [1.165, 1.54) is 4.31 Å². The minimum atomic E-state index is -3.93. The van der Waals surface area contributed by atoms with E-state index in [9.17, 15) is 13.2 Å². The maximum Gasteiger partial charge on any atom is 0.277 e. The van der Waals surface area contributed by atoms with Crippen molar-refractivity contribution in [1.29, 1.82) is 0 Å². The summed E-state index contributed by atoms with van der Waals surface area (Å²) in [5.74, 6) is 1.33. The van der Waals surface area contributed by atoms with Gasteiger partial charge in [0.15, 0.2) is 11.3 Å². The standard InChI is InChI=1S/C30H40N6O4S/c1-6-13-27-31-22(5)28-30(37)32-29(33-36(27)28)25-20-24(16-17-26(25)40-9-4)41(38,39)35(19-18-34(7-2)8-3)21-23-14-11-10-12-15-23/h10-12,14-17,20H,6-9,13,18-19,21H2,1-5H3,(H,32,33,37). The predicted octanol–water partition coefficient (Wildman–Crippen LogP) is 4.28. The minimum Gasteiger partial charge on any atom is -0.493 e. The second-order valence-electron chi connectivity index (χ2n) is 9.87. The van der Waals surface area contributed by atoms with Gasteiger partial charge in [0.05, 0.1) is 22.8 Å². The molecule has 11 heteroatoms. The van der Waals surface area contributed by atoms with Crippen molar-refractivity contribution >= 4 is 15.5 Å². The lowest BCUT2D eigenvalue weighted by Crippen LogP contribution is -2.38. The molecule has 41 heavy (non-hydrogen) atoms. The molecular formula is C30H40N6O4S. The maximum absolute atomic E-state index is 14.2. The number of aromatic amines is 1. The monoisotopic (exact) mass is 580 g/mol. The second kappa shape index (κ2) is 13.4. The number of rotatable bonds is 14. The first-order valence-corrected chi connectivity index (χ1v) is 15.7. The molecule has 0 atom stereocenters. The molecule has 0 amide bonds. The number of sulfonamides is 1. The molecule has 0 aliphatic rings. The Hall–Kier alpha value is -3.54. The SMILES string of the molecule is CCCc1nc(C)c2c(=O)[nH]c(-c3cc(S(=O)(=O)N(CCN(CC)CC)Cc4ccccc4)ccc3OCC)nn12. The molecule has 0 spiro atoms. The van der Waals surface area contributed by atoms with Crippen molar-refractivity contribution in [2.24, 2.45) is 0 Å². The summed E-state index contributed by atoms with van der Waals surface area (Å²) in [6, 6.07) is 14.3. The third-order valence-electron chi connectivity index (χ3n) is 7.12. The minimum absolute atomic E-state index is 0.102. The molecule has 0 bridgehead atoms. The maximum atomic E-state index is 14.2. The van der Waals surface area contributed by atoms with Crippen LogP contribution in [0.15, 0.2) is 58.2 Å². The van der Waals surface area contributed by atoms with Gasteiger partial charge in [-0.3, -0.25) is 4.79 Å². The Morgan fingerprint density at radius 1 is 1.00 bits per heavy atom. The molecule has 0 saturated carbocycles. The molecule has 4 rings (SSSR count). The first-order valence-electron chi connectivity index (χ1n) is 14.3. The van der Waals surface area contributed by atoms with Gasteiger partial charge in [-0.25, -0.2) is 17.9 Å². The smallest absolute Gasteiger partial charge is 0.277 e. The van der Waals surface area contributed by atoms with Gasteiger partial charge in [0.25, 0.3) is 5.56 Å². The molecule has 0 saturated heterocycles. The van der Waals surface area contributed by atoms with E-state index >= 15 is 0 Å². The number of likely N-dealkylation sites (N-methyl/N-ethyl adjacent to an activating group) is 1. The Labute approximate surface area is 242 Å². The van der Waals surface area contributed by atoms with E-state index < -0.39 is 10.0 Å². The van der Waals surface area contributed by atoms with Crippen molar-refractivity contribution in [3.05, 3.63) is 76.0 Å². The van der Waals surface area contributed by atoms with E-state index in [0.717, 1.165) is 25.1 Å². The highest BCUT2D eigenvalue weighted by molar-refractivity contribution is 7.89. The summed E-state index contributed by atoms with van der Waals surface area (Å²) in [5.41, 5.74) is 1.92. The van der Waals surface area contributed by atoms with Gasteiger partial charge in [0, 0.05) is 26.1 Å². The topological polar surface area (TPSA) is 113 Å². The second-order valence-corrected chi connectivity index (χ2v) is 11.8. The van der Waals surface area contributed by atoms with Gasteiger partial charge in [-0.15, -0.1) is 5.10 Å². The summed E-state index contributed by atoms with van der Waals surface area (Å²) >= 11 is 0. The van der Waals surface area contributed by atoms with Gasteiger partial charge in [0.2, 0.25) is 10.0 Å². The van der Waals surface area contributed by atoms with Crippen LogP contribution in [0.2, 0.25) is 0 Å². The Morgan fingerprint density at radius 3 is 2.39 bits per heavy atom. The number of benzene rings is 2. The highest BCUT2D eigenvalue weighted by Gasteiger charge is 2.27. The number of nitrogens with one attached hydrogen (secondary N) is 1. The molecule has 0 aliphatic heterocycles. The van der Waals surface area contributed by atoms with E-state index in [0.29, 0.717) is 54.5 Å². The number of H-pyrrole nitrogens is 1. The molecule has 2 aromatic carbocycles. The van der Waals surface area contributed by atoms with E-state index in [4.69, 9.17) is 9.84 Å². The molecule has 220 valence electrons. The molecule has 0 unspecified atom stereocenters. The molecular weight excluding hydrogens is 540 g/mol. The van der Waals surface area contributed by atoms with Gasteiger partial charge >= 0.3 is 0 Å². The number of fused-ring (bicyclic) bond motifs is 1. The van der Waals surface area contributed by atoms with Crippen LogP contribution >= 0.6 is 0 Å². The van der Waals surface area contributed by atoms with Crippen LogP contribution in [0.4, 0.5) is 0 Å². The van der Waals surface area contributed by atoms with Crippen LogP contribution in [-0.2, 0) is 23.0 Å². The van der Waals surface area contributed by atoms with Crippen molar-refractivity contribution in [3.63, 3.8) is 0 Å². The molecule has 1 N–H and O–H groups in total. The third-order valence-corrected chi connectivity index (χ3v) is 8.96. The first kappa shape index (κ1) is 30.4. The number of nitrogens with zero attached hydrogens (tertiary/aromatic N) is 5. The molecule has 0 aliphatic carbocycles. The van der Waals surface area contributed by atoms with Crippen molar-refractivity contribution in [3.8, 4) is 17.1 Å². The lowest BCUT2D eigenvalue weighted by molar-refractivity contribution is 0.268. The number of aryl methyl sites for hydroxylation is 2. The third kappa shape index (κ3) is 6.69. The first-order chi connectivity index (χ1) is 19.7. The van der Waals surface area contributed by atoms with Gasteiger partial charge < -0.3 is 14.6 Å². The van der Waals surface area contributed by atoms with Crippen LogP contribution < -0.4 is 10.3 Å². The summed E-state index contributed by atoms with van der Waals surface area (Å²) < 4.78 is 37.3. The largest absolute Gasteiger partial charge is 0.493 e. The average molecular weight is 581 g/mol. The molecule has 2 heterocycles. The summed E-state index contributed by atoms with van der Waals surface area (Å²) in [4.78, 5) is 22.8. The van der Waals surface area contributed by atoms with Gasteiger partial charge in [-0.1, -0.05) is 51.1 Å². The highest BCUT2D eigenvalue weighted by Crippen LogP contribution is 2.32. The molecule has 10 nitrogen and oxygen atoms in total.